The van der Waals surface area contributed by atoms with Crippen molar-refractivity contribution in [3.8, 4) is 5.75 Å². The standard InChI is InChI=1S/C15H16FNOS/c1-11-2-7-14(17)15(10-11)19-9-8-18-13-5-3-12(16)4-6-13/h2-7,10H,8-9,17H2,1H3. The molecule has 0 aliphatic carbocycles. The SMILES string of the molecule is Cc1ccc(N)c(SCCOc2ccc(F)cc2)c1. The molecule has 0 amide bonds. The Labute approximate surface area is 116 Å². The molecule has 0 heterocycles. The quantitative estimate of drug-likeness (QED) is 0.511. The molecule has 2 nitrogen and oxygen atoms in total. The molecule has 0 aliphatic heterocycles. The van der Waals surface area contributed by atoms with Gasteiger partial charge in [-0.2, -0.15) is 0 Å². The van der Waals surface area contributed by atoms with Gasteiger partial charge in [0.15, 0.2) is 0 Å². The van der Waals surface area contributed by atoms with Crippen LogP contribution in [0.25, 0.3) is 0 Å². The summed E-state index contributed by atoms with van der Waals surface area (Å²) < 4.78 is 18.2. The van der Waals surface area contributed by atoms with Crippen LogP contribution in [0.5, 0.6) is 5.75 Å². The zero-order valence-electron chi connectivity index (χ0n) is 10.7. The second-order valence-electron chi connectivity index (χ2n) is 4.19. The summed E-state index contributed by atoms with van der Waals surface area (Å²) in [6.07, 6.45) is 0. The topological polar surface area (TPSA) is 35.2 Å². The minimum Gasteiger partial charge on any atom is -0.493 e. The van der Waals surface area contributed by atoms with Crippen molar-refractivity contribution in [2.75, 3.05) is 18.1 Å². The number of halogens is 1. The van der Waals surface area contributed by atoms with Crippen LogP contribution in [0.3, 0.4) is 0 Å². The fourth-order valence-corrected chi connectivity index (χ4v) is 2.50. The summed E-state index contributed by atoms with van der Waals surface area (Å²) in [4.78, 5) is 1.07. The number of anilines is 1. The van der Waals surface area contributed by atoms with Crippen molar-refractivity contribution >= 4 is 17.4 Å². The Hall–Kier alpha value is -1.68. The van der Waals surface area contributed by atoms with E-state index in [0.29, 0.717) is 12.4 Å². The number of benzene rings is 2. The van der Waals surface area contributed by atoms with E-state index in [1.54, 1.807) is 23.9 Å². The smallest absolute Gasteiger partial charge is 0.123 e. The molecule has 0 saturated carbocycles. The van der Waals surface area contributed by atoms with Gasteiger partial charge < -0.3 is 10.5 Å². The molecule has 2 N–H and O–H groups in total. The summed E-state index contributed by atoms with van der Waals surface area (Å²) in [6.45, 7) is 2.60. The van der Waals surface area contributed by atoms with E-state index >= 15 is 0 Å². The summed E-state index contributed by atoms with van der Waals surface area (Å²) in [5, 5.41) is 0. The number of nitrogen functional groups attached to an aromatic ring is 1. The third-order valence-corrected chi connectivity index (χ3v) is 3.63. The highest BCUT2D eigenvalue weighted by molar-refractivity contribution is 7.99. The Morgan fingerprint density at radius 1 is 1.16 bits per heavy atom. The number of hydrogen-bond acceptors (Lipinski definition) is 3. The molecule has 2 aromatic carbocycles. The van der Waals surface area contributed by atoms with Crippen molar-refractivity contribution < 1.29 is 9.13 Å². The van der Waals surface area contributed by atoms with Gasteiger partial charge in [0.25, 0.3) is 0 Å². The van der Waals surface area contributed by atoms with Crippen LogP contribution in [-0.4, -0.2) is 12.4 Å². The second kappa shape index (κ2) is 6.48. The van der Waals surface area contributed by atoms with Gasteiger partial charge >= 0.3 is 0 Å². The van der Waals surface area contributed by atoms with Gasteiger partial charge in [-0.25, -0.2) is 4.39 Å². The van der Waals surface area contributed by atoms with Gasteiger partial charge in [-0.05, 0) is 48.9 Å². The Morgan fingerprint density at radius 2 is 1.89 bits per heavy atom. The second-order valence-corrected chi connectivity index (χ2v) is 5.33. The highest BCUT2D eigenvalue weighted by atomic mass is 32.2. The van der Waals surface area contributed by atoms with Crippen molar-refractivity contribution in [1.29, 1.82) is 0 Å². The predicted octanol–water partition coefficient (Wildman–Crippen LogP) is 3.89. The number of rotatable bonds is 5. The minimum absolute atomic E-state index is 0.255. The minimum atomic E-state index is -0.255. The van der Waals surface area contributed by atoms with Gasteiger partial charge in [0.05, 0.1) is 6.61 Å². The maximum absolute atomic E-state index is 12.7. The zero-order chi connectivity index (χ0) is 13.7. The monoisotopic (exact) mass is 277 g/mol. The Bertz CT molecular complexity index is 542. The van der Waals surface area contributed by atoms with E-state index in [1.165, 1.54) is 17.7 Å². The summed E-state index contributed by atoms with van der Waals surface area (Å²) >= 11 is 1.66. The van der Waals surface area contributed by atoms with Crippen LogP contribution in [-0.2, 0) is 0 Å². The molecule has 100 valence electrons. The van der Waals surface area contributed by atoms with Crippen molar-refractivity contribution in [3.63, 3.8) is 0 Å². The van der Waals surface area contributed by atoms with E-state index in [1.807, 2.05) is 19.1 Å². The summed E-state index contributed by atoms with van der Waals surface area (Å²) in [5.74, 6) is 1.22. The van der Waals surface area contributed by atoms with E-state index in [4.69, 9.17) is 10.5 Å². The maximum atomic E-state index is 12.7. The van der Waals surface area contributed by atoms with E-state index in [-0.39, 0.29) is 5.82 Å². The largest absolute Gasteiger partial charge is 0.493 e. The first-order valence-electron chi connectivity index (χ1n) is 6.02. The van der Waals surface area contributed by atoms with Crippen molar-refractivity contribution in [2.45, 2.75) is 11.8 Å². The summed E-state index contributed by atoms with van der Waals surface area (Å²) in [5.41, 5.74) is 7.88. The molecule has 0 spiro atoms. The average molecular weight is 277 g/mol. The van der Waals surface area contributed by atoms with Gasteiger partial charge in [-0.1, -0.05) is 6.07 Å². The first-order valence-corrected chi connectivity index (χ1v) is 7.01. The lowest BCUT2D eigenvalue weighted by Gasteiger charge is -2.08. The van der Waals surface area contributed by atoms with Crippen molar-refractivity contribution in [2.24, 2.45) is 0 Å². The van der Waals surface area contributed by atoms with E-state index in [0.717, 1.165) is 16.3 Å². The summed E-state index contributed by atoms with van der Waals surface area (Å²) in [6, 6.07) is 12.0. The van der Waals surface area contributed by atoms with Crippen molar-refractivity contribution in [1.82, 2.24) is 0 Å². The van der Waals surface area contributed by atoms with Crippen LogP contribution in [0, 0.1) is 12.7 Å². The fourth-order valence-electron chi connectivity index (χ4n) is 1.61. The lowest BCUT2D eigenvalue weighted by Crippen LogP contribution is -2.00. The number of ether oxygens (including phenoxy) is 1. The third kappa shape index (κ3) is 4.17. The predicted molar refractivity (Wildman–Crippen MR) is 78.2 cm³/mol. The number of aryl methyl sites for hydroxylation is 1. The Kier molecular flexibility index (Phi) is 4.68. The lowest BCUT2D eigenvalue weighted by atomic mass is 10.2. The number of thioether (sulfide) groups is 1. The molecule has 4 heteroatoms. The van der Waals surface area contributed by atoms with Crippen LogP contribution in [0.15, 0.2) is 47.4 Å². The van der Waals surface area contributed by atoms with E-state index in [2.05, 4.69) is 6.07 Å². The third-order valence-electron chi connectivity index (χ3n) is 2.59. The van der Waals surface area contributed by atoms with Gasteiger partial charge in [-0.15, -0.1) is 11.8 Å². The first-order chi connectivity index (χ1) is 9.15. The maximum Gasteiger partial charge on any atom is 0.123 e. The molecule has 0 aromatic heterocycles. The van der Waals surface area contributed by atoms with E-state index < -0.39 is 0 Å². The van der Waals surface area contributed by atoms with Crippen LogP contribution in [0.4, 0.5) is 10.1 Å². The van der Waals surface area contributed by atoms with Crippen LogP contribution in [0.1, 0.15) is 5.56 Å². The lowest BCUT2D eigenvalue weighted by molar-refractivity contribution is 0.343. The molecule has 0 bridgehead atoms. The van der Waals surface area contributed by atoms with Gasteiger partial charge in [0.2, 0.25) is 0 Å². The first kappa shape index (κ1) is 13.7. The molecule has 19 heavy (non-hydrogen) atoms. The normalized spacial score (nSPS) is 10.4. The molecule has 0 unspecified atom stereocenters. The average Bonchev–Trinajstić information content (AvgIpc) is 2.40. The Balaban J connectivity index is 1.80. The highest BCUT2D eigenvalue weighted by Crippen LogP contribution is 2.25. The molecule has 2 rings (SSSR count). The van der Waals surface area contributed by atoms with Crippen molar-refractivity contribution in [3.05, 3.63) is 53.8 Å². The van der Waals surface area contributed by atoms with Crippen LogP contribution < -0.4 is 10.5 Å². The molecule has 0 atom stereocenters. The zero-order valence-corrected chi connectivity index (χ0v) is 11.5. The molecule has 0 aliphatic rings. The van der Waals surface area contributed by atoms with E-state index in [9.17, 15) is 4.39 Å². The Morgan fingerprint density at radius 3 is 2.63 bits per heavy atom. The molecular weight excluding hydrogens is 261 g/mol. The number of nitrogens with two attached hydrogens (primary N) is 1. The molecule has 0 radical (unpaired) electrons. The van der Waals surface area contributed by atoms with Gasteiger partial charge in [-0.3, -0.25) is 0 Å². The highest BCUT2D eigenvalue weighted by Gasteiger charge is 2.01. The number of hydrogen-bond donors (Lipinski definition) is 1. The van der Waals surface area contributed by atoms with Gasteiger partial charge in [0.1, 0.15) is 11.6 Å². The molecule has 2 aromatic rings. The summed E-state index contributed by atoms with van der Waals surface area (Å²) in [7, 11) is 0. The molecule has 0 fully saturated rings. The fraction of sp³-hybridized carbons (Fsp3) is 0.200. The van der Waals surface area contributed by atoms with Crippen LogP contribution >= 0.6 is 11.8 Å². The van der Waals surface area contributed by atoms with Gasteiger partial charge in [0, 0.05) is 16.3 Å². The van der Waals surface area contributed by atoms with Crippen LogP contribution in [0.2, 0.25) is 0 Å². The molecular formula is C15H16FNOS. The molecule has 0 saturated heterocycles.